The van der Waals surface area contributed by atoms with Crippen LogP contribution in [0.15, 0.2) is 59.5 Å². The molecule has 1 N–H and O–H groups in total. The summed E-state index contributed by atoms with van der Waals surface area (Å²) in [6.07, 6.45) is -1.04. The molecule has 2 aromatic carbocycles. The highest BCUT2D eigenvalue weighted by atomic mass is 32.2. The fourth-order valence-electron chi connectivity index (χ4n) is 1.68. The van der Waals surface area contributed by atoms with Gasteiger partial charge in [0.1, 0.15) is 0 Å². The van der Waals surface area contributed by atoms with Gasteiger partial charge in [-0.2, -0.15) is 5.26 Å². The Kier molecular flexibility index (Phi) is 4.40. The third-order valence-electron chi connectivity index (χ3n) is 2.61. The lowest BCUT2D eigenvalue weighted by Gasteiger charge is -2.09. The second kappa shape index (κ2) is 6.25. The molecule has 1 atom stereocenters. The van der Waals surface area contributed by atoms with Gasteiger partial charge >= 0.3 is 0 Å². The van der Waals surface area contributed by atoms with Gasteiger partial charge in [-0.25, -0.2) is 0 Å². The quantitative estimate of drug-likeness (QED) is 0.671. The minimum absolute atomic E-state index is 0.698. The fourth-order valence-corrected chi connectivity index (χ4v) is 2.61. The van der Waals surface area contributed by atoms with Crippen molar-refractivity contribution in [2.75, 3.05) is 0 Å². The topological polar surface area (TPSA) is 44.0 Å². The van der Waals surface area contributed by atoms with E-state index in [9.17, 15) is 5.11 Å². The van der Waals surface area contributed by atoms with E-state index in [-0.39, 0.29) is 0 Å². The summed E-state index contributed by atoms with van der Waals surface area (Å²) < 4.78 is 0. The van der Waals surface area contributed by atoms with E-state index in [1.54, 1.807) is 17.8 Å². The van der Waals surface area contributed by atoms with Gasteiger partial charge < -0.3 is 5.11 Å². The van der Waals surface area contributed by atoms with Crippen molar-refractivity contribution < 1.29 is 5.11 Å². The molecule has 90 valence electrons. The molecule has 0 saturated heterocycles. The first-order valence-corrected chi connectivity index (χ1v) is 6.63. The zero-order chi connectivity index (χ0) is 12.8. The first-order valence-electron chi connectivity index (χ1n) is 5.64. The lowest BCUT2D eigenvalue weighted by Crippen LogP contribution is -1.98. The Labute approximate surface area is 111 Å². The predicted octanol–water partition coefficient (Wildman–Crippen LogP) is 3.54. The smallest absolute Gasteiger partial charge is 0.166 e. The van der Waals surface area contributed by atoms with Crippen LogP contribution in [0.25, 0.3) is 0 Å². The number of nitriles is 1. The molecule has 2 aromatic rings. The second-order valence-electron chi connectivity index (χ2n) is 3.83. The SMILES string of the molecule is N#CC(O)c1ccccc1CSc1ccccc1. The van der Waals surface area contributed by atoms with Crippen molar-refractivity contribution in [3.05, 3.63) is 65.7 Å². The number of thioether (sulfide) groups is 1. The van der Waals surface area contributed by atoms with E-state index in [0.717, 1.165) is 11.3 Å². The van der Waals surface area contributed by atoms with E-state index < -0.39 is 6.10 Å². The molecule has 3 heteroatoms. The van der Waals surface area contributed by atoms with Crippen LogP contribution in [0.3, 0.4) is 0 Å². The van der Waals surface area contributed by atoms with E-state index in [0.29, 0.717) is 5.56 Å². The average Bonchev–Trinajstić information content (AvgIpc) is 2.45. The van der Waals surface area contributed by atoms with Crippen molar-refractivity contribution in [3.8, 4) is 6.07 Å². The Morgan fingerprint density at radius 1 is 1.06 bits per heavy atom. The van der Waals surface area contributed by atoms with Gasteiger partial charge in [0, 0.05) is 10.6 Å². The molecule has 2 rings (SSSR count). The number of hydrogen-bond donors (Lipinski definition) is 1. The molecule has 0 saturated carbocycles. The molecule has 0 fully saturated rings. The third-order valence-corrected chi connectivity index (χ3v) is 3.67. The van der Waals surface area contributed by atoms with Crippen LogP contribution in [0.1, 0.15) is 17.2 Å². The summed E-state index contributed by atoms with van der Waals surface area (Å²) in [6, 6.07) is 19.5. The van der Waals surface area contributed by atoms with Gasteiger partial charge in [-0.3, -0.25) is 0 Å². The van der Waals surface area contributed by atoms with Crippen molar-refractivity contribution in [2.45, 2.75) is 16.8 Å². The number of nitrogens with zero attached hydrogens (tertiary/aromatic N) is 1. The number of benzene rings is 2. The molecule has 0 aliphatic carbocycles. The predicted molar refractivity (Wildman–Crippen MR) is 73.0 cm³/mol. The summed E-state index contributed by atoms with van der Waals surface area (Å²) in [5, 5.41) is 18.4. The van der Waals surface area contributed by atoms with Crippen LogP contribution in [0.5, 0.6) is 0 Å². The summed E-state index contributed by atoms with van der Waals surface area (Å²) in [6.45, 7) is 0. The molecule has 1 unspecified atom stereocenters. The molecule has 18 heavy (non-hydrogen) atoms. The lowest BCUT2D eigenvalue weighted by atomic mass is 10.0. The van der Waals surface area contributed by atoms with Crippen LogP contribution in [0.4, 0.5) is 0 Å². The largest absolute Gasteiger partial charge is 0.374 e. The van der Waals surface area contributed by atoms with Gasteiger partial charge in [0.25, 0.3) is 0 Å². The van der Waals surface area contributed by atoms with E-state index in [4.69, 9.17) is 5.26 Å². The monoisotopic (exact) mass is 255 g/mol. The summed E-state index contributed by atoms with van der Waals surface area (Å²) >= 11 is 1.70. The Bertz CT molecular complexity index is 548. The maximum atomic E-state index is 9.64. The standard InChI is InChI=1S/C15H13NOS/c16-10-15(17)14-9-5-4-6-12(14)11-18-13-7-2-1-3-8-13/h1-9,15,17H,11H2. The first kappa shape index (κ1) is 12.7. The molecule has 0 spiro atoms. The van der Waals surface area contributed by atoms with Gasteiger partial charge in [-0.15, -0.1) is 11.8 Å². The Balaban J connectivity index is 2.13. The van der Waals surface area contributed by atoms with Gasteiger partial charge in [0.15, 0.2) is 6.10 Å². The van der Waals surface area contributed by atoms with E-state index in [1.165, 1.54) is 4.90 Å². The van der Waals surface area contributed by atoms with Gasteiger partial charge in [0.05, 0.1) is 6.07 Å². The van der Waals surface area contributed by atoms with E-state index in [1.807, 2.05) is 54.6 Å². The Morgan fingerprint density at radius 2 is 1.72 bits per heavy atom. The maximum absolute atomic E-state index is 9.64. The maximum Gasteiger partial charge on any atom is 0.166 e. The highest BCUT2D eigenvalue weighted by Gasteiger charge is 2.10. The van der Waals surface area contributed by atoms with Crippen LogP contribution < -0.4 is 0 Å². The van der Waals surface area contributed by atoms with Gasteiger partial charge in [-0.1, -0.05) is 42.5 Å². The molecule has 2 nitrogen and oxygen atoms in total. The molecule has 0 bridgehead atoms. The van der Waals surface area contributed by atoms with Crippen molar-refractivity contribution >= 4 is 11.8 Å². The van der Waals surface area contributed by atoms with Crippen molar-refractivity contribution in [3.63, 3.8) is 0 Å². The number of hydrogen-bond acceptors (Lipinski definition) is 3. The van der Waals surface area contributed by atoms with Crippen LogP contribution in [-0.4, -0.2) is 5.11 Å². The molecular weight excluding hydrogens is 242 g/mol. The molecule has 0 aliphatic heterocycles. The first-order chi connectivity index (χ1) is 8.81. The normalized spacial score (nSPS) is 11.8. The summed E-state index contributed by atoms with van der Waals surface area (Å²) in [5.74, 6) is 0.749. The summed E-state index contributed by atoms with van der Waals surface area (Å²) in [7, 11) is 0. The summed E-state index contributed by atoms with van der Waals surface area (Å²) in [5.41, 5.74) is 1.70. The molecule has 0 aliphatic rings. The lowest BCUT2D eigenvalue weighted by molar-refractivity contribution is 0.235. The van der Waals surface area contributed by atoms with Crippen molar-refractivity contribution in [2.24, 2.45) is 0 Å². The Hall–Kier alpha value is -1.76. The van der Waals surface area contributed by atoms with Gasteiger partial charge in [0.2, 0.25) is 0 Å². The number of aliphatic hydroxyl groups is 1. The minimum Gasteiger partial charge on any atom is -0.374 e. The molecule has 0 heterocycles. The second-order valence-corrected chi connectivity index (χ2v) is 4.88. The van der Waals surface area contributed by atoms with Crippen LogP contribution in [0, 0.1) is 11.3 Å². The van der Waals surface area contributed by atoms with Crippen molar-refractivity contribution in [1.29, 1.82) is 5.26 Å². The van der Waals surface area contributed by atoms with Crippen LogP contribution in [0.2, 0.25) is 0 Å². The zero-order valence-corrected chi connectivity index (χ0v) is 10.6. The Morgan fingerprint density at radius 3 is 2.44 bits per heavy atom. The molecule has 0 amide bonds. The van der Waals surface area contributed by atoms with E-state index >= 15 is 0 Å². The van der Waals surface area contributed by atoms with E-state index in [2.05, 4.69) is 0 Å². The molecule has 0 radical (unpaired) electrons. The van der Waals surface area contributed by atoms with Gasteiger partial charge in [-0.05, 0) is 23.3 Å². The van der Waals surface area contributed by atoms with Crippen LogP contribution >= 0.6 is 11.8 Å². The molecule has 0 aromatic heterocycles. The summed E-state index contributed by atoms with van der Waals surface area (Å²) in [4.78, 5) is 1.18. The third kappa shape index (κ3) is 3.13. The van der Waals surface area contributed by atoms with Crippen molar-refractivity contribution in [1.82, 2.24) is 0 Å². The zero-order valence-electron chi connectivity index (χ0n) is 9.78. The highest BCUT2D eigenvalue weighted by molar-refractivity contribution is 7.98. The fraction of sp³-hybridized carbons (Fsp3) is 0.133. The van der Waals surface area contributed by atoms with Crippen LogP contribution in [-0.2, 0) is 5.75 Å². The highest BCUT2D eigenvalue weighted by Crippen LogP contribution is 2.26. The average molecular weight is 255 g/mol. The number of rotatable bonds is 4. The molecular formula is C15H13NOS. The number of aliphatic hydroxyl groups excluding tert-OH is 1. The minimum atomic E-state index is -1.04.